The summed E-state index contributed by atoms with van der Waals surface area (Å²) < 4.78 is 5.39. The Bertz CT molecular complexity index is 746. The number of amides is 2. The van der Waals surface area contributed by atoms with Gasteiger partial charge in [0.25, 0.3) is 5.91 Å². The average Bonchev–Trinajstić information content (AvgIpc) is 3.01. The molecule has 0 atom stereocenters. The zero-order valence-electron chi connectivity index (χ0n) is 13.3. The number of carbonyl (C=O) groups excluding carboxylic acids is 2. The molecule has 2 aromatic rings. The molecule has 0 saturated carbocycles. The first kappa shape index (κ1) is 16.4. The lowest BCUT2D eigenvalue weighted by molar-refractivity contribution is -0.121. The maximum absolute atomic E-state index is 12.1. The quantitative estimate of drug-likeness (QED) is 0.867. The van der Waals surface area contributed by atoms with Crippen LogP contribution in [-0.4, -0.2) is 35.2 Å². The van der Waals surface area contributed by atoms with Crippen LogP contribution in [0.4, 0.5) is 10.8 Å². The van der Waals surface area contributed by atoms with Gasteiger partial charge in [0.15, 0.2) is 6.61 Å². The van der Waals surface area contributed by atoms with Crippen molar-refractivity contribution in [2.75, 3.05) is 23.4 Å². The van der Waals surface area contributed by atoms with E-state index in [4.69, 9.17) is 4.74 Å². The highest BCUT2D eigenvalue weighted by atomic mass is 32.1. The first-order valence-electron chi connectivity index (χ1n) is 7.82. The number of nitrogens with zero attached hydrogens (tertiary/aromatic N) is 3. The molecule has 1 aliphatic heterocycles. The van der Waals surface area contributed by atoms with Crippen molar-refractivity contribution in [1.82, 2.24) is 10.2 Å². The molecule has 3 rings (SSSR count). The predicted molar refractivity (Wildman–Crippen MR) is 91.4 cm³/mol. The minimum absolute atomic E-state index is 0.00455. The van der Waals surface area contributed by atoms with Crippen LogP contribution in [0.25, 0.3) is 0 Å². The summed E-state index contributed by atoms with van der Waals surface area (Å²) in [5, 5.41) is 12.1. The van der Waals surface area contributed by atoms with Gasteiger partial charge in [-0.05, 0) is 18.6 Å². The van der Waals surface area contributed by atoms with Crippen LogP contribution in [0.1, 0.15) is 24.8 Å². The first-order chi connectivity index (χ1) is 11.7. The van der Waals surface area contributed by atoms with Gasteiger partial charge in [-0.15, -0.1) is 10.2 Å². The molecular weight excluding hydrogens is 328 g/mol. The van der Waals surface area contributed by atoms with Gasteiger partial charge in [0, 0.05) is 19.4 Å². The van der Waals surface area contributed by atoms with Gasteiger partial charge in [-0.25, -0.2) is 0 Å². The van der Waals surface area contributed by atoms with E-state index in [0.29, 0.717) is 23.1 Å². The van der Waals surface area contributed by atoms with Crippen LogP contribution >= 0.6 is 11.3 Å². The Morgan fingerprint density at radius 3 is 3.04 bits per heavy atom. The van der Waals surface area contributed by atoms with Gasteiger partial charge in [0.1, 0.15) is 10.8 Å². The van der Waals surface area contributed by atoms with E-state index >= 15 is 0 Å². The van der Waals surface area contributed by atoms with Crippen LogP contribution in [0.5, 0.6) is 5.75 Å². The molecule has 0 radical (unpaired) electrons. The molecule has 0 bridgehead atoms. The van der Waals surface area contributed by atoms with Crippen LogP contribution in [-0.2, 0) is 16.0 Å². The number of fused-ring (bicyclic) bond motifs is 1. The lowest BCUT2D eigenvalue weighted by Crippen LogP contribution is -2.40. The van der Waals surface area contributed by atoms with Gasteiger partial charge in [-0.3, -0.25) is 9.59 Å². The highest BCUT2D eigenvalue weighted by Gasteiger charge is 2.25. The number of aromatic nitrogens is 2. The van der Waals surface area contributed by atoms with E-state index in [2.05, 4.69) is 22.4 Å². The highest BCUT2D eigenvalue weighted by molar-refractivity contribution is 7.15. The normalized spacial score (nSPS) is 13.4. The fourth-order valence-corrected chi connectivity index (χ4v) is 3.27. The van der Waals surface area contributed by atoms with E-state index in [9.17, 15) is 9.59 Å². The topological polar surface area (TPSA) is 84.4 Å². The maximum atomic E-state index is 12.1. The molecular formula is C16H18N4O3S. The second kappa shape index (κ2) is 7.39. The fourth-order valence-electron chi connectivity index (χ4n) is 2.41. The lowest BCUT2D eigenvalue weighted by atomic mass is 10.2. The third-order valence-corrected chi connectivity index (χ3v) is 4.45. The van der Waals surface area contributed by atoms with Crippen LogP contribution in [0.2, 0.25) is 0 Å². The smallest absolute Gasteiger partial charge is 0.265 e. The molecule has 0 aliphatic carbocycles. The number of aryl methyl sites for hydroxylation is 1. The molecule has 1 aromatic heterocycles. The second-order valence-corrected chi connectivity index (χ2v) is 6.41. The summed E-state index contributed by atoms with van der Waals surface area (Å²) in [6.07, 6.45) is 2.02. The average molecular weight is 346 g/mol. The number of ether oxygens (including phenoxy) is 1. The predicted octanol–water partition coefficient (Wildman–Crippen LogP) is 2.24. The van der Waals surface area contributed by atoms with Crippen LogP contribution < -0.4 is 15.0 Å². The SMILES string of the molecule is CCCc1nnc(NC(=O)CCN2C(=O)COc3ccccc32)s1. The Kier molecular flexibility index (Phi) is 5.05. The third kappa shape index (κ3) is 3.70. The fraction of sp³-hybridized carbons (Fsp3) is 0.375. The number of anilines is 2. The number of hydrogen-bond donors (Lipinski definition) is 1. The zero-order chi connectivity index (χ0) is 16.9. The Morgan fingerprint density at radius 2 is 2.21 bits per heavy atom. The molecule has 1 aromatic carbocycles. The second-order valence-electron chi connectivity index (χ2n) is 5.35. The van der Waals surface area contributed by atoms with Gasteiger partial charge >= 0.3 is 0 Å². The van der Waals surface area contributed by atoms with Crippen molar-refractivity contribution >= 4 is 34.0 Å². The molecule has 2 heterocycles. The number of para-hydroxylation sites is 2. The summed E-state index contributed by atoms with van der Waals surface area (Å²) in [7, 11) is 0. The van der Waals surface area contributed by atoms with E-state index in [1.54, 1.807) is 4.90 Å². The van der Waals surface area contributed by atoms with Crippen molar-refractivity contribution in [1.29, 1.82) is 0 Å². The van der Waals surface area contributed by atoms with Crippen LogP contribution in [0.3, 0.4) is 0 Å². The highest BCUT2D eigenvalue weighted by Crippen LogP contribution is 2.31. The zero-order valence-corrected chi connectivity index (χ0v) is 14.1. The maximum Gasteiger partial charge on any atom is 0.265 e. The molecule has 0 unspecified atom stereocenters. The molecule has 7 nitrogen and oxygen atoms in total. The summed E-state index contributed by atoms with van der Waals surface area (Å²) in [5.41, 5.74) is 0.697. The first-order valence-corrected chi connectivity index (χ1v) is 8.63. The molecule has 1 aliphatic rings. The number of carbonyl (C=O) groups is 2. The molecule has 2 amide bonds. The third-order valence-electron chi connectivity index (χ3n) is 3.55. The van der Waals surface area contributed by atoms with Gasteiger partial charge in [-0.2, -0.15) is 0 Å². The van der Waals surface area contributed by atoms with Crippen molar-refractivity contribution in [2.24, 2.45) is 0 Å². The molecule has 1 N–H and O–H groups in total. The number of hydrogen-bond acceptors (Lipinski definition) is 6. The Balaban J connectivity index is 1.58. The van der Waals surface area contributed by atoms with E-state index in [-0.39, 0.29) is 24.8 Å². The number of benzene rings is 1. The molecule has 126 valence electrons. The Morgan fingerprint density at radius 1 is 1.38 bits per heavy atom. The van der Waals surface area contributed by atoms with E-state index in [1.807, 2.05) is 24.3 Å². The molecule has 0 spiro atoms. The van der Waals surface area contributed by atoms with Crippen molar-refractivity contribution < 1.29 is 14.3 Å². The molecule has 0 fully saturated rings. The van der Waals surface area contributed by atoms with Crippen molar-refractivity contribution in [3.63, 3.8) is 0 Å². The van der Waals surface area contributed by atoms with Crippen LogP contribution in [0.15, 0.2) is 24.3 Å². The summed E-state index contributed by atoms with van der Waals surface area (Å²) in [6, 6.07) is 7.31. The summed E-state index contributed by atoms with van der Waals surface area (Å²) in [4.78, 5) is 25.7. The van der Waals surface area contributed by atoms with Crippen LogP contribution in [0, 0.1) is 0 Å². The van der Waals surface area contributed by atoms with E-state index < -0.39 is 0 Å². The van der Waals surface area contributed by atoms with Gasteiger partial charge < -0.3 is 15.0 Å². The van der Waals surface area contributed by atoms with Gasteiger partial charge in [-0.1, -0.05) is 30.4 Å². The van der Waals surface area contributed by atoms with Crippen molar-refractivity contribution in [3.8, 4) is 5.75 Å². The van der Waals surface area contributed by atoms with Crippen molar-refractivity contribution in [2.45, 2.75) is 26.2 Å². The van der Waals surface area contributed by atoms with Gasteiger partial charge in [0.05, 0.1) is 5.69 Å². The number of nitrogens with one attached hydrogen (secondary N) is 1. The summed E-state index contributed by atoms with van der Waals surface area (Å²) >= 11 is 1.38. The standard InChI is InChI=1S/C16H18N4O3S/c1-2-5-14-18-19-16(24-14)17-13(21)8-9-20-11-6-3-4-7-12(11)23-10-15(20)22/h3-4,6-7H,2,5,8-10H2,1H3,(H,17,19,21). The minimum atomic E-state index is -0.189. The van der Waals surface area contributed by atoms with E-state index in [1.165, 1.54) is 11.3 Å². The largest absolute Gasteiger partial charge is 0.482 e. The monoisotopic (exact) mass is 346 g/mol. The Hall–Kier alpha value is -2.48. The van der Waals surface area contributed by atoms with Gasteiger partial charge in [0.2, 0.25) is 11.0 Å². The molecule has 8 heteroatoms. The molecule has 24 heavy (non-hydrogen) atoms. The van der Waals surface area contributed by atoms with Crippen molar-refractivity contribution in [3.05, 3.63) is 29.3 Å². The molecule has 0 saturated heterocycles. The number of rotatable bonds is 6. The summed E-state index contributed by atoms with van der Waals surface area (Å²) in [6.45, 7) is 2.36. The Labute approximate surface area is 143 Å². The van der Waals surface area contributed by atoms with E-state index in [0.717, 1.165) is 17.8 Å². The summed E-state index contributed by atoms with van der Waals surface area (Å²) in [5.74, 6) is 0.319. The lowest BCUT2D eigenvalue weighted by Gasteiger charge is -2.29. The minimum Gasteiger partial charge on any atom is -0.482 e.